The second kappa shape index (κ2) is 13.5. The van der Waals surface area contributed by atoms with Crippen molar-refractivity contribution in [2.45, 2.75) is 43.4 Å². The van der Waals surface area contributed by atoms with E-state index in [9.17, 15) is 29.1 Å². The summed E-state index contributed by atoms with van der Waals surface area (Å²) in [5.74, 6) is -5.33. The summed E-state index contributed by atoms with van der Waals surface area (Å²) in [6.45, 7) is -0.703. The van der Waals surface area contributed by atoms with Crippen LogP contribution in [0.5, 0.6) is 0 Å². The highest BCUT2D eigenvalue weighted by molar-refractivity contribution is 7.80. The number of fused-ring (bicyclic) bond motifs is 1. The van der Waals surface area contributed by atoms with E-state index in [1.54, 1.807) is 18.3 Å². The van der Waals surface area contributed by atoms with Gasteiger partial charge in [-0.2, -0.15) is 12.6 Å². The van der Waals surface area contributed by atoms with Gasteiger partial charge in [0.1, 0.15) is 24.2 Å². The van der Waals surface area contributed by atoms with Gasteiger partial charge in [-0.1, -0.05) is 18.2 Å². The first-order chi connectivity index (χ1) is 17.1. The van der Waals surface area contributed by atoms with Crippen molar-refractivity contribution in [1.29, 1.82) is 0 Å². The van der Waals surface area contributed by atoms with Gasteiger partial charge in [-0.3, -0.25) is 19.2 Å². The molecule has 0 aliphatic rings. The normalized spacial score (nSPS) is 14.3. The minimum Gasteiger partial charge on any atom is -0.481 e. The van der Waals surface area contributed by atoms with E-state index < -0.39 is 66.9 Å². The topological polar surface area (TPSA) is 224 Å². The number of aromatic amines is 1. The number of H-pyrrole nitrogens is 1. The molecule has 36 heavy (non-hydrogen) atoms. The minimum absolute atomic E-state index is 0.0454. The third-order valence-corrected chi connectivity index (χ3v) is 5.71. The van der Waals surface area contributed by atoms with Crippen LogP contribution in [0.25, 0.3) is 10.9 Å². The molecule has 2 rings (SSSR count). The van der Waals surface area contributed by atoms with Crippen LogP contribution in [0.1, 0.15) is 18.4 Å². The number of nitrogens with one attached hydrogen (secondary N) is 4. The Kier molecular flexibility index (Phi) is 10.7. The van der Waals surface area contributed by atoms with Crippen LogP contribution in [0, 0.1) is 0 Å². The molecule has 1 heterocycles. The van der Waals surface area contributed by atoms with Crippen molar-refractivity contribution in [3.05, 3.63) is 36.0 Å². The average molecular weight is 524 g/mol. The van der Waals surface area contributed by atoms with E-state index >= 15 is 0 Å². The maximum Gasteiger partial charge on any atom is 0.327 e. The van der Waals surface area contributed by atoms with Crippen molar-refractivity contribution < 1.29 is 39.3 Å². The number of thiol groups is 1. The summed E-state index contributed by atoms with van der Waals surface area (Å²) in [5.41, 5.74) is 6.90. The lowest BCUT2D eigenvalue weighted by Gasteiger charge is -2.24. The Labute approximate surface area is 211 Å². The maximum absolute atomic E-state index is 13.1. The number of benzene rings is 1. The highest BCUT2D eigenvalue weighted by Crippen LogP contribution is 2.19. The van der Waals surface area contributed by atoms with E-state index in [1.165, 1.54) is 0 Å². The predicted molar refractivity (Wildman–Crippen MR) is 131 cm³/mol. The molecule has 196 valence electrons. The molecule has 0 aliphatic heterocycles. The Hall–Kier alpha value is -3.62. The van der Waals surface area contributed by atoms with Gasteiger partial charge in [0.2, 0.25) is 17.7 Å². The summed E-state index contributed by atoms with van der Waals surface area (Å²) in [6.07, 6.45) is 0.804. The summed E-state index contributed by atoms with van der Waals surface area (Å²) < 4.78 is 0. The van der Waals surface area contributed by atoms with Crippen LogP contribution in [0.3, 0.4) is 0 Å². The fourth-order valence-corrected chi connectivity index (χ4v) is 3.61. The molecule has 1 aromatic carbocycles. The summed E-state index contributed by atoms with van der Waals surface area (Å²) in [7, 11) is 0. The SMILES string of the molecule is NC(CO)C(=O)NC(CCC(=O)O)C(=O)NC(Cc1c[nH]c2ccccc12)C(=O)NC(CS)C(=O)O. The van der Waals surface area contributed by atoms with Gasteiger partial charge in [-0.05, 0) is 18.1 Å². The van der Waals surface area contributed by atoms with Crippen molar-refractivity contribution in [3.63, 3.8) is 0 Å². The second-order valence-corrected chi connectivity index (χ2v) is 8.35. The number of nitrogens with two attached hydrogens (primary N) is 1. The lowest BCUT2D eigenvalue weighted by Crippen LogP contribution is -2.58. The molecule has 0 spiro atoms. The number of carboxylic acids is 2. The standard InChI is InChI=1S/C22H29N5O8S/c23-13(9-28)19(31)25-15(5-6-18(29)30)20(32)26-16(21(33)27-17(10-36)22(34)35)7-11-8-24-14-4-2-1-3-12(11)14/h1-4,8,13,15-17,24,28,36H,5-7,9-10,23H2,(H,25,31)(H,26,32)(H,27,33)(H,29,30)(H,34,35). The molecule has 3 amide bonds. The Bertz CT molecular complexity index is 1110. The Morgan fingerprint density at radius 2 is 1.56 bits per heavy atom. The molecule has 9 N–H and O–H groups in total. The number of carbonyl (C=O) groups excluding carboxylic acids is 3. The summed E-state index contributed by atoms with van der Waals surface area (Å²) >= 11 is 3.93. The Morgan fingerprint density at radius 1 is 0.944 bits per heavy atom. The minimum atomic E-state index is -1.38. The van der Waals surface area contributed by atoms with Crippen LogP contribution in [0.2, 0.25) is 0 Å². The second-order valence-electron chi connectivity index (χ2n) is 7.99. The van der Waals surface area contributed by atoms with E-state index in [-0.39, 0.29) is 18.6 Å². The maximum atomic E-state index is 13.1. The molecule has 13 nitrogen and oxygen atoms in total. The van der Waals surface area contributed by atoms with Gasteiger partial charge in [0.25, 0.3) is 0 Å². The number of hydrogen-bond acceptors (Lipinski definition) is 8. The number of carbonyl (C=O) groups is 5. The molecule has 0 saturated carbocycles. The quantitative estimate of drug-likeness (QED) is 0.129. The van der Waals surface area contributed by atoms with Gasteiger partial charge in [-0.25, -0.2) is 4.79 Å². The number of hydrogen-bond donors (Lipinski definition) is 9. The van der Waals surface area contributed by atoms with Gasteiger partial charge in [0.05, 0.1) is 6.61 Å². The number of aliphatic carboxylic acids is 2. The van der Waals surface area contributed by atoms with Gasteiger partial charge in [0, 0.05) is 35.7 Å². The first-order valence-electron chi connectivity index (χ1n) is 10.9. The molecule has 0 radical (unpaired) electrons. The highest BCUT2D eigenvalue weighted by Gasteiger charge is 2.31. The van der Waals surface area contributed by atoms with E-state index in [0.29, 0.717) is 5.56 Å². The van der Waals surface area contributed by atoms with E-state index in [4.69, 9.17) is 15.9 Å². The van der Waals surface area contributed by atoms with Crippen molar-refractivity contribution in [2.75, 3.05) is 12.4 Å². The number of rotatable bonds is 14. The predicted octanol–water partition coefficient (Wildman–Crippen LogP) is -1.64. The van der Waals surface area contributed by atoms with Gasteiger partial charge >= 0.3 is 11.9 Å². The molecule has 4 atom stereocenters. The van der Waals surface area contributed by atoms with Gasteiger partial charge in [-0.15, -0.1) is 0 Å². The molecular formula is C22H29N5O8S. The van der Waals surface area contributed by atoms with Crippen LogP contribution in [-0.2, 0) is 30.4 Å². The largest absolute Gasteiger partial charge is 0.481 e. The first-order valence-corrected chi connectivity index (χ1v) is 11.6. The number of aliphatic hydroxyl groups is 1. The molecule has 0 saturated heterocycles. The summed E-state index contributed by atoms with van der Waals surface area (Å²) in [4.78, 5) is 63.7. The van der Waals surface area contributed by atoms with Crippen LogP contribution >= 0.6 is 12.6 Å². The lowest BCUT2D eigenvalue weighted by atomic mass is 10.0. The Morgan fingerprint density at radius 3 is 2.17 bits per heavy atom. The molecular weight excluding hydrogens is 494 g/mol. The molecule has 4 unspecified atom stereocenters. The van der Waals surface area contributed by atoms with E-state index in [0.717, 1.165) is 10.9 Å². The van der Waals surface area contributed by atoms with Crippen LogP contribution < -0.4 is 21.7 Å². The smallest absolute Gasteiger partial charge is 0.327 e. The van der Waals surface area contributed by atoms with Crippen molar-refractivity contribution in [3.8, 4) is 0 Å². The molecule has 0 fully saturated rings. The zero-order valence-corrected chi connectivity index (χ0v) is 20.0. The molecule has 1 aromatic heterocycles. The van der Waals surface area contributed by atoms with Gasteiger partial charge < -0.3 is 42.0 Å². The van der Waals surface area contributed by atoms with Crippen molar-refractivity contribution in [1.82, 2.24) is 20.9 Å². The molecule has 2 aromatic rings. The molecule has 0 bridgehead atoms. The third kappa shape index (κ3) is 7.96. The zero-order chi connectivity index (χ0) is 26.8. The zero-order valence-electron chi connectivity index (χ0n) is 19.1. The van der Waals surface area contributed by atoms with Crippen LogP contribution in [0.15, 0.2) is 30.5 Å². The monoisotopic (exact) mass is 523 g/mol. The lowest BCUT2D eigenvalue weighted by molar-refractivity contribution is -0.141. The summed E-state index contributed by atoms with van der Waals surface area (Å²) in [6, 6.07) is 1.88. The third-order valence-electron chi connectivity index (χ3n) is 5.34. The fourth-order valence-electron chi connectivity index (χ4n) is 3.36. The number of carboxylic acid groups (broad SMARTS) is 2. The van der Waals surface area contributed by atoms with Crippen LogP contribution in [-0.4, -0.2) is 86.5 Å². The first kappa shape index (κ1) is 28.6. The number of amides is 3. The summed E-state index contributed by atoms with van der Waals surface area (Å²) in [5, 5.41) is 35.2. The van der Waals surface area contributed by atoms with E-state index in [2.05, 4.69) is 33.6 Å². The number of aromatic nitrogens is 1. The van der Waals surface area contributed by atoms with Crippen molar-refractivity contribution in [2.24, 2.45) is 5.73 Å². The average Bonchev–Trinajstić information content (AvgIpc) is 3.26. The molecule has 14 heteroatoms. The molecule has 0 aliphatic carbocycles. The van der Waals surface area contributed by atoms with Crippen LogP contribution in [0.4, 0.5) is 0 Å². The number of aliphatic hydroxyl groups excluding tert-OH is 1. The number of para-hydroxylation sites is 1. The highest BCUT2D eigenvalue weighted by atomic mass is 32.1. The fraction of sp³-hybridized carbons (Fsp3) is 0.409. The van der Waals surface area contributed by atoms with Gasteiger partial charge in [0.15, 0.2) is 0 Å². The van der Waals surface area contributed by atoms with Crippen molar-refractivity contribution >= 4 is 53.2 Å². The Balaban J connectivity index is 2.31. The van der Waals surface area contributed by atoms with E-state index in [1.807, 2.05) is 12.1 Å².